The molecule has 88 valence electrons. The molecule has 0 bridgehead atoms. The van der Waals surface area contributed by atoms with Crippen LogP contribution in [0.15, 0.2) is 18.3 Å². The van der Waals surface area contributed by atoms with E-state index in [0.717, 1.165) is 30.6 Å². The maximum Gasteiger partial charge on any atom is 0.0569 e. The Balaban J connectivity index is 2.11. The zero-order valence-electron chi connectivity index (χ0n) is 10.4. The van der Waals surface area contributed by atoms with Gasteiger partial charge in [-0.15, -0.1) is 0 Å². The highest BCUT2D eigenvalue weighted by atomic mass is 15.2. The maximum absolute atomic E-state index is 5.79. The summed E-state index contributed by atoms with van der Waals surface area (Å²) in [5.74, 6) is 1.54. The first kappa shape index (κ1) is 11.4. The minimum atomic E-state index is 0.0190. The highest BCUT2D eigenvalue weighted by Gasteiger charge is 2.26. The van der Waals surface area contributed by atoms with E-state index in [2.05, 4.69) is 29.8 Å². The van der Waals surface area contributed by atoms with Crippen molar-refractivity contribution in [1.82, 2.24) is 4.98 Å². The Labute approximate surface area is 97.7 Å². The van der Waals surface area contributed by atoms with Crippen molar-refractivity contribution >= 4 is 5.69 Å². The average molecular weight is 219 g/mol. The van der Waals surface area contributed by atoms with Crippen molar-refractivity contribution < 1.29 is 0 Å². The predicted molar refractivity (Wildman–Crippen MR) is 67.4 cm³/mol. The Kier molecular flexibility index (Phi) is 3.15. The molecule has 2 N–H and O–H groups in total. The summed E-state index contributed by atoms with van der Waals surface area (Å²) in [6.45, 7) is 8.87. The van der Waals surface area contributed by atoms with Crippen LogP contribution in [0.2, 0.25) is 0 Å². The first-order chi connectivity index (χ1) is 7.58. The van der Waals surface area contributed by atoms with Gasteiger partial charge in [-0.1, -0.05) is 13.8 Å². The van der Waals surface area contributed by atoms with E-state index < -0.39 is 0 Å². The van der Waals surface area contributed by atoms with Crippen LogP contribution in [0.3, 0.4) is 0 Å². The molecule has 1 aliphatic heterocycles. The molecule has 16 heavy (non-hydrogen) atoms. The number of hydrogen-bond acceptors (Lipinski definition) is 3. The lowest BCUT2D eigenvalue weighted by Gasteiger charge is -2.18. The molecule has 0 amide bonds. The molecule has 1 saturated heterocycles. The van der Waals surface area contributed by atoms with Gasteiger partial charge < -0.3 is 10.6 Å². The number of nitrogens with zero attached hydrogens (tertiary/aromatic N) is 2. The fourth-order valence-corrected chi connectivity index (χ4v) is 2.19. The molecule has 0 aliphatic carbocycles. The molecule has 3 nitrogen and oxygen atoms in total. The van der Waals surface area contributed by atoms with Crippen LogP contribution in [0.25, 0.3) is 0 Å². The normalized spacial score (nSPS) is 27.1. The standard InChI is InChI=1S/C13H21N3/c1-9-7-16(8-10(9)2)12-4-5-13(11(3)14)15-6-12/h4-6,9-11H,7-8,14H2,1-3H3. The summed E-state index contributed by atoms with van der Waals surface area (Å²) >= 11 is 0. The molecule has 1 aromatic rings. The number of anilines is 1. The van der Waals surface area contributed by atoms with E-state index in [4.69, 9.17) is 5.73 Å². The van der Waals surface area contributed by atoms with Crippen LogP contribution < -0.4 is 10.6 Å². The maximum atomic E-state index is 5.79. The van der Waals surface area contributed by atoms with Crippen LogP contribution in [0.4, 0.5) is 5.69 Å². The molecule has 3 heteroatoms. The van der Waals surface area contributed by atoms with Gasteiger partial charge in [0, 0.05) is 19.1 Å². The van der Waals surface area contributed by atoms with Gasteiger partial charge in [0.25, 0.3) is 0 Å². The second-order valence-corrected chi connectivity index (χ2v) is 5.09. The van der Waals surface area contributed by atoms with E-state index in [1.165, 1.54) is 5.69 Å². The van der Waals surface area contributed by atoms with E-state index in [1.807, 2.05) is 19.2 Å². The van der Waals surface area contributed by atoms with E-state index in [9.17, 15) is 0 Å². The molecule has 1 aliphatic rings. The summed E-state index contributed by atoms with van der Waals surface area (Å²) in [4.78, 5) is 6.82. The summed E-state index contributed by atoms with van der Waals surface area (Å²) < 4.78 is 0. The van der Waals surface area contributed by atoms with Crippen LogP contribution in [-0.2, 0) is 0 Å². The van der Waals surface area contributed by atoms with Crippen molar-refractivity contribution in [2.24, 2.45) is 17.6 Å². The Morgan fingerprint density at radius 3 is 2.38 bits per heavy atom. The fraction of sp³-hybridized carbons (Fsp3) is 0.615. The third-order valence-corrected chi connectivity index (χ3v) is 3.59. The quantitative estimate of drug-likeness (QED) is 0.829. The third kappa shape index (κ3) is 2.19. The zero-order valence-corrected chi connectivity index (χ0v) is 10.4. The minimum absolute atomic E-state index is 0.0190. The molecule has 1 fully saturated rings. The van der Waals surface area contributed by atoms with Crippen LogP contribution in [0.5, 0.6) is 0 Å². The fourth-order valence-electron chi connectivity index (χ4n) is 2.19. The molecule has 2 rings (SSSR count). The SMILES string of the molecule is CC(N)c1ccc(N2CC(C)C(C)C2)cn1. The van der Waals surface area contributed by atoms with Crippen molar-refractivity contribution in [3.8, 4) is 0 Å². The summed E-state index contributed by atoms with van der Waals surface area (Å²) in [5.41, 5.74) is 7.97. The molecule has 1 aromatic heterocycles. The Morgan fingerprint density at radius 2 is 1.94 bits per heavy atom. The second-order valence-electron chi connectivity index (χ2n) is 5.09. The molecule has 3 atom stereocenters. The molecule has 3 unspecified atom stereocenters. The molecule has 0 radical (unpaired) electrons. The number of pyridine rings is 1. The van der Waals surface area contributed by atoms with E-state index >= 15 is 0 Å². The van der Waals surface area contributed by atoms with Crippen molar-refractivity contribution in [3.05, 3.63) is 24.0 Å². The topological polar surface area (TPSA) is 42.1 Å². The number of rotatable bonds is 2. The first-order valence-corrected chi connectivity index (χ1v) is 6.04. The molecule has 2 heterocycles. The van der Waals surface area contributed by atoms with Crippen LogP contribution in [-0.4, -0.2) is 18.1 Å². The van der Waals surface area contributed by atoms with E-state index in [1.54, 1.807) is 0 Å². The highest BCUT2D eigenvalue weighted by molar-refractivity contribution is 5.46. The zero-order chi connectivity index (χ0) is 11.7. The molecule has 0 saturated carbocycles. The highest BCUT2D eigenvalue weighted by Crippen LogP contribution is 2.27. The monoisotopic (exact) mass is 219 g/mol. The van der Waals surface area contributed by atoms with Gasteiger partial charge in [0.15, 0.2) is 0 Å². The molecule has 0 aromatic carbocycles. The summed E-state index contributed by atoms with van der Waals surface area (Å²) in [6.07, 6.45) is 1.95. The van der Waals surface area contributed by atoms with Crippen LogP contribution in [0.1, 0.15) is 32.5 Å². The summed E-state index contributed by atoms with van der Waals surface area (Å²) in [6, 6.07) is 4.19. The van der Waals surface area contributed by atoms with E-state index in [0.29, 0.717) is 0 Å². The Morgan fingerprint density at radius 1 is 1.31 bits per heavy atom. The van der Waals surface area contributed by atoms with Gasteiger partial charge in [-0.2, -0.15) is 0 Å². The average Bonchev–Trinajstić information content (AvgIpc) is 2.59. The molecular formula is C13H21N3. The van der Waals surface area contributed by atoms with Gasteiger partial charge in [-0.3, -0.25) is 4.98 Å². The van der Waals surface area contributed by atoms with Gasteiger partial charge in [0.05, 0.1) is 17.6 Å². The van der Waals surface area contributed by atoms with Gasteiger partial charge in [-0.05, 0) is 30.9 Å². The first-order valence-electron chi connectivity index (χ1n) is 6.04. The summed E-state index contributed by atoms with van der Waals surface area (Å²) in [5, 5.41) is 0. The second kappa shape index (κ2) is 4.42. The largest absolute Gasteiger partial charge is 0.370 e. The van der Waals surface area contributed by atoms with E-state index in [-0.39, 0.29) is 6.04 Å². The molecular weight excluding hydrogens is 198 g/mol. The van der Waals surface area contributed by atoms with Crippen LogP contribution >= 0.6 is 0 Å². The van der Waals surface area contributed by atoms with Crippen molar-refractivity contribution in [2.75, 3.05) is 18.0 Å². The Bertz CT molecular complexity index is 335. The van der Waals surface area contributed by atoms with Gasteiger partial charge in [0.1, 0.15) is 0 Å². The van der Waals surface area contributed by atoms with Crippen molar-refractivity contribution in [2.45, 2.75) is 26.8 Å². The predicted octanol–water partition coefficient (Wildman–Crippen LogP) is 2.19. The smallest absolute Gasteiger partial charge is 0.0569 e. The minimum Gasteiger partial charge on any atom is -0.370 e. The van der Waals surface area contributed by atoms with Gasteiger partial charge >= 0.3 is 0 Å². The van der Waals surface area contributed by atoms with Crippen molar-refractivity contribution in [3.63, 3.8) is 0 Å². The number of aromatic nitrogens is 1. The van der Waals surface area contributed by atoms with Crippen molar-refractivity contribution in [1.29, 1.82) is 0 Å². The molecule has 0 spiro atoms. The van der Waals surface area contributed by atoms with Gasteiger partial charge in [-0.25, -0.2) is 0 Å². The Hall–Kier alpha value is -1.09. The lowest BCUT2D eigenvalue weighted by atomic mass is 10.0. The lowest BCUT2D eigenvalue weighted by molar-refractivity contribution is 0.494. The lowest BCUT2D eigenvalue weighted by Crippen LogP contribution is -2.20. The summed E-state index contributed by atoms with van der Waals surface area (Å²) in [7, 11) is 0. The van der Waals surface area contributed by atoms with Gasteiger partial charge in [0.2, 0.25) is 0 Å². The third-order valence-electron chi connectivity index (χ3n) is 3.59. The van der Waals surface area contributed by atoms with Crippen LogP contribution in [0, 0.1) is 11.8 Å². The number of nitrogens with two attached hydrogens (primary N) is 1. The number of hydrogen-bond donors (Lipinski definition) is 1.